The summed E-state index contributed by atoms with van der Waals surface area (Å²) < 4.78 is 11.1. The van der Waals surface area contributed by atoms with Crippen LogP contribution in [0.1, 0.15) is 96.1 Å². The summed E-state index contributed by atoms with van der Waals surface area (Å²) in [6.07, 6.45) is -0.740. The zero-order chi connectivity index (χ0) is 48.0. The standard InChI is InChI=1S/C51H56N8O8/c1-50(2,3)57-49(65)66-43(33-17-11-8-12-18-33)47(63)59-28-14-20-40(59)44(60)53-34-23-21-32(22-24-34)41-37(30-52)36-29-35(25-26-38(36)55-41)54-45(61)39-19-13-27-58(39)46(62)42(31-15-9-7-10-16-31)56-48(64)67-51(4,5)6/h7-12,15-18,21-26,29,39-40,42-43,55H,13-14,19-20,27-28H2,1-6H3,(H,53,60)(H,54,61)(H,56,64)(H,57,65)/t39-,40?,42+,43+/m0/s1. The van der Waals surface area contributed by atoms with Gasteiger partial charge in [-0.3, -0.25) is 19.2 Å². The highest BCUT2D eigenvalue weighted by Crippen LogP contribution is 2.34. The number of amides is 6. The van der Waals surface area contributed by atoms with Crippen LogP contribution in [0.3, 0.4) is 0 Å². The lowest BCUT2D eigenvalue weighted by Gasteiger charge is -2.29. The number of anilines is 2. The quantitative estimate of drug-likeness (QED) is 0.0865. The van der Waals surface area contributed by atoms with E-state index in [4.69, 9.17) is 9.47 Å². The molecule has 7 rings (SSSR count). The maximum atomic E-state index is 14.1. The van der Waals surface area contributed by atoms with Crippen LogP contribution in [0.15, 0.2) is 103 Å². The first-order chi connectivity index (χ1) is 31.9. The van der Waals surface area contributed by atoms with Crippen molar-refractivity contribution in [2.75, 3.05) is 23.7 Å². The van der Waals surface area contributed by atoms with Crippen LogP contribution >= 0.6 is 0 Å². The van der Waals surface area contributed by atoms with Crippen molar-refractivity contribution in [3.8, 4) is 17.3 Å². The van der Waals surface area contributed by atoms with E-state index in [0.717, 1.165) is 0 Å². The Hall–Kier alpha value is -7.67. The number of aromatic amines is 1. The number of aromatic nitrogens is 1. The topological polar surface area (TPSA) is 215 Å². The molecule has 1 aromatic heterocycles. The number of nitrogens with zero attached hydrogens (tertiary/aromatic N) is 3. The molecule has 6 amide bonds. The summed E-state index contributed by atoms with van der Waals surface area (Å²) in [6.45, 7) is 11.2. The van der Waals surface area contributed by atoms with Crippen LogP contribution in [-0.4, -0.2) is 86.9 Å². The van der Waals surface area contributed by atoms with E-state index in [1.807, 2.05) is 0 Å². The summed E-state index contributed by atoms with van der Waals surface area (Å²) >= 11 is 0. The second kappa shape index (κ2) is 19.8. The van der Waals surface area contributed by atoms with E-state index in [1.165, 1.54) is 9.80 Å². The highest BCUT2D eigenvalue weighted by molar-refractivity contribution is 6.02. The smallest absolute Gasteiger partial charge is 0.408 e. The monoisotopic (exact) mass is 908 g/mol. The Morgan fingerprint density at radius 1 is 0.701 bits per heavy atom. The number of fused-ring (bicyclic) bond motifs is 1. The van der Waals surface area contributed by atoms with E-state index in [0.29, 0.717) is 89.0 Å². The average molecular weight is 909 g/mol. The van der Waals surface area contributed by atoms with E-state index in [-0.39, 0.29) is 5.91 Å². The zero-order valence-electron chi connectivity index (χ0n) is 38.5. The van der Waals surface area contributed by atoms with E-state index in [2.05, 4.69) is 32.3 Å². The van der Waals surface area contributed by atoms with Gasteiger partial charge in [-0.25, -0.2) is 9.59 Å². The fourth-order valence-corrected chi connectivity index (χ4v) is 8.39. The van der Waals surface area contributed by atoms with Crippen molar-refractivity contribution in [3.63, 3.8) is 0 Å². The van der Waals surface area contributed by atoms with Gasteiger partial charge in [0.05, 0.1) is 11.3 Å². The zero-order valence-corrected chi connectivity index (χ0v) is 38.5. The third-order valence-corrected chi connectivity index (χ3v) is 11.4. The highest BCUT2D eigenvalue weighted by atomic mass is 16.6. The van der Waals surface area contributed by atoms with Gasteiger partial charge in [-0.2, -0.15) is 5.26 Å². The molecule has 0 bridgehead atoms. The van der Waals surface area contributed by atoms with Crippen molar-refractivity contribution in [2.24, 2.45) is 0 Å². The van der Waals surface area contributed by atoms with Crippen LogP contribution in [-0.2, 0) is 28.7 Å². The predicted molar refractivity (Wildman–Crippen MR) is 252 cm³/mol. The van der Waals surface area contributed by atoms with Crippen molar-refractivity contribution in [3.05, 3.63) is 120 Å². The lowest BCUT2D eigenvalue weighted by atomic mass is 10.0. The van der Waals surface area contributed by atoms with Crippen LogP contribution < -0.4 is 21.3 Å². The third-order valence-electron chi connectivity index (χ3n) is 11.4. The van der Waals surface area contributed by atoms with Gasteiger partial charge < -0.3 is 45.5 Å². The molecule has 2 fully saturated rings. The van der Waals surface area contributed by atoms with Crippen LogP contribution in [0.4, 0.5) is 21.0 Å². The minimum Gasteiger partial charge on any atom is -0.444 e. The lowest BCUT2D eigenvalue weighted by molar-refractivity contribution is -0.144. The molecule has 5 aromatic rings. The van der Waals surface area contributed by atoms with Gasteiger partial charge in [-0.05, 0) is 109 Å². The first-order valence-electron chi connectivity index (χ1n) is 22.4. The number of hydrogen-bond acceptors (Lipinski definition) is 9. The number of hydrogen-bond donors (Lipinski definition) is 5. The maximum Gasteiger partial charge on any atom is 0.408 e. The Kier molecular flexibility index (Phi) is 14.0. The number of likely N-dealkylation sites (tertiary alicyclic amines) is 2. The van der Waals surface area contributed by atoms with E-state index in [9.17, 15) is 34.0 Å². The number of benzene rings is 4. The molecule has 5 N–H and O–H groups in total. The van der Waals surface area contributed by atoms with E-state index in [1.54, 1.807) is 145 Å². The van der Waals surface area contributed by atoms with Gasteiger partial charge in [0.2, 0.25) is 17.9 Å². The number of H-pyrrole nitrogens is 1. The van der Waals surface area contributed by atoms with Crippen molar-refractivity contribution in [1.82, 2.24) is 25.4 Å². The van der Waals surface area contributed by atoms with Crippen molar-refractivity contribution in [1.29, 1.82) is 5.26 Å². The van der Waals surface area contributed by atoms with E-state index >= 15 is 0 Å². The molecule has 348 valence electrons. The van der Waals surface area contributed by atoms with Gasteiger partial charge in [0.25, 0.3) is 11.8 Å². The number of rotatable bonds is 11. The van der Waals surface area contributed by atoms with Crippen molar-refractivity contribution < 1.29 is 38.2 Å². The normalized spacial score (nSPS) is 16.9. The van der Waals surface area contributed by atoms with Gasteiger partial charge in [0.15, 0.2) is 0 Å². The Bertz CT molecular complexity index is 2680. The minimum absolute atomic E-state index is 0.315. The number of alkyl carbamates (subject to hydrolysis) is 2. The molecule has 0 saturated carbocycles. The van der Waals surface area contributed by atoms with Crippen molar-refractivity contribution in [2.45, 2.75) is 103 Å². The Morgan fingerprint density at radius 2 is 1.25 bits per heavy atom. The summed E-state index contributed by atoms with van der Waals surface area (Å²) in [5.74, 6) is -1.72. The summed E-state index contributed by atoms with van der Waals surface area (Å²) in [7, 11) is 0. The van der Waals surface area contributed by atoms with Gasteiger partial charge in [0, 0.05) is 46.5 Å². The van der Waals surface area contributed by atoms with Crippen LogP contribution in [0.5, 0.6) is 0 Å². The summed E-state index contributed by atoms with van der Waals surface area (Å²) in [4.78, 5) is 87.7. The molecular formula is C51H56N8O8. The Morgan fingerprint density at radius 3 is 1.82 bits per heavy atom. The first-order valence-corrected chi connectivity index (χ1v) is 22.4. The molecule has 67 heavy (non-hydrogen) atoms. The van der Waals surface area contributed by atoms with Gasteiger partial charge >= 0.3 is 12.2 Å². The van der Waals surface area contributed by atoms with Crippen LogP contribution in [0.2, 0.25) is 0 Å². The Labute approximate surface area is 389 Å². The second-order valence-corrected chi connectivity index (χ2v) is 18.7. The number of nitriles is 1. The minimum atomic E-state index is -1.25. The molecule has 4 atom stereocenters. The molecule has 0 radical (unpaired) electrons. The number of carbonyl (C=O) groups excluding carboxylic acids is 6. The average Bonchev–Trinajstić information content (AvgIpc) is 4.06. The molecule has 3 heterocycles. The van der Waals surface area contributed by atoms with Crippen LogP contribution in [0, 0.1) is 11.3 Å². The number of nitrogens with one attached hydrogen (secondary N) is 5. The van der Waals surface area contributed by atoms with Gasteiger partial charge in [-0.1, -0.05) is 72.8 Å². The summed E-state index contributed by atoms with van der Waals surface area (Å²) in [5.41, 5.74) is 2.75. The third kappa shape index (κ3) is 11.4. The lowest BCUT2D eigenvalue weighted by Crippen LogP contribution is -2.49. The van der Waals surface area contributed by atoms with Crippen molar-refractivity contribution >= 4 is 58.1 Å². The van der Waals surface area contributed by atoms with Gasteiger partial charge in [-0.15, -0.1) is 0 Å². The van der Waals surface area contributed by atoms with Gasteiger partial charge in [0.1, 0.15) is 29.8 Å². The molecule has 1 unspecified atom stereocenters. The number of ether oxygens (including phenoxy) is 2. The fraction of sp³-hybridized carbons (Fsp3) is 0.353. The largest absolute Gasteiger partial charge is 0.444 e. The SMILES string of the molecule is CC(C)(C)NC(=O)O[C@@H](C(=O)N1CCCC1C(=O)Nc1ccc(-c2[nH]c3ccc(NC(=O)[C@@H]4CCCN4C(=O)[C@H](NC(=O)OC(C)(C)C)c4ccccc4)cc3c2C#N)cc1)c1ccccc1. The molecule has 2 aliphatic heterocycles. The van der Waals surface area contributed by atoms with E-state index < -0.39 is 65.3 Å². The molecular weight excluding hydrogens is 853 g/mol. The molecule has 0 aliphatic carbocycles. The van der Waals surface area contributed by atoms with Crippen LogP contribution in [0.25, 0.3) is 22.2 Å². The second-order valence-electron chi connectivity index (χ2n) is 18.7. The number of carbonyl (C=O) groups is 6. The Balaban J connectivity index is 1.03. The summed E-state index contributed by atoms with van der Waals surface area (Å²) in [6, 6.07) is 29.2. The maximum absolute atomic E-state index is 14.1. The molecule has 0 spiro atoms. The molecule has 16 nitrogen and oxygen atoms in total. The fourth-order valence-electron chi connectivity index (χ4n) is 8.39. The summed E-state index contributed by atoms with van der Waals surface area (Å²) in [5, 5.41) is 22.3. The predicted octanol–water partition coefficient (Wildman–Crippen LogP) is 8.10. The molecule has 4 aromatic carbocycles. The molecule has 2 aliphatic rings. The first kappa shape index (κ1) is 47.3. The molecule has 16 heteroatoms. The highest BCUT2D eigenvalue weighted by Gasteiger charge is 2.41. The molecule has 2 saturated heterocycles.